The lowest BCUT2D eigenvalue weighted by molar-refractivity contribution is -0.156. The molecule has 0 aromatic heterocycles. The molecular formula is C20H25N3O3. The molecule has 1 aromatic carbocycles. The molecule has 2 unspecified atom stereocenters. The van der Waals surface area contributed by atoms with Crippen molar-refractivity contribution < 1.29 is 14.4 Å². The standard InChI is InChI=1S/C20H25N3O3/c24-18-17-13-22(19(25)15-8-4-5-9-15)10-11-23(17)20(26)16(21-18)12-14-6-2-1-3-7-14/h1-3,6-7,15-17H,4-5,8-13H2,(H,21,24). The number of hydrogen-bond donors (Lipinski definition) is 1. The molecule has 1 aromatic rings. The van der Waals surface area contributed by atoms with Crippen molar-refractivity contribution in [1.82, 2.24) is 15.1 Å². The fraction of sp³-hybridized carbons (Fsp3) is 0.550. The lowest BCUT2D eigenvalue weighted by atomic mass is 9.98. The minimum atomic E-state index is -0.548. The van der Waals surface area contributed by atoms with Gasteiger partial charge in [0.15, 0.2) is 0 Å². The van der Waals surface area contributed by atoms with E-state index in [1.54, 1.807) is 9.80 Å². The van der Waals surface area contributed by atoms with Crippen molar-refractivity contribution in [3.05, 3.63) is 35.9 Å². The third-order valence-electron chi connectivity index (χ3n) is 5.88. The Bertz CT molecular complexity index is 700. The van der Waals surface area contributed by atoms with Gasteiger partial charge in [-0.3, -0.25) is 14.4 Å². The molecule has 1 aliphatic carbocycles. The van der Waals surface area contributed by atoms with Crippen molar-refractivity contribution >= 4 is 17.7 Å². The number of carbonyl (C=O) groups excluding carboxylic acids is 3. The number of amides is 3. The van der Waals surface area contributed by atoms with Crippen LogP contribution in [0.3, 0.4) is 0 Å². The third kappa shape index (κ3) is 3.20. The fourth-order valence-electron chi connectivity index (χ4n) is 4.42. The number of nitrogens with zero attached hydrogens (tertiary/aromatic N) is 2. The molecule has 1 saturated carbocycles. The monoisotopic (exact) mass is 355 g/mol. The van der Waals surface area contributed by atoms with Gasteiger partial charge in [-0.15, -0.1) is 0 Å². The zero-order chi connectivity index (χ0) is 18.1. The summed E-state index contributed by atoms with van der Waals surface area (Å²) < 4.78 is 0. The maximum atomic E-state index is 12.9. The van der Waals surface area contributed by atoms with Crippen LogP contribution in [0.1, 0.15) is 31.2 Å². The van der Waals surface area contributed by atoms with Crippen LogP contribution >= 0.6 is 0 Å². The maximum Gasteiger partial charge on any atom is 0.246 e. The van der Waals surface area contributed by atoms with Crippen LogP contribution in [0.15, 0.2) is 30.3 Å². The summed E-state index contributed by atoms with van der Waals surface area (Å²) in [6.45, 7) is 1.30. The van der Waals surface area contributed by atoms with Gasteiger partial charge < -0.3 is 15.1 Å². The highest BCUT2D eigenvalue weighted by molar-refractivity contribution is 5.98. The van der Waals surface area contributed by atoms with E-state index in [9.17, 15) is 14.4 Å². The largest absolute Gasteiger partial charge is 0.342 e. The summed E-state index contributed by atoms with van der Waals surface area (Å²) >= 11 is 0. The second kappa shape index (κ2) is 7.09. The number of fused-ring (bicyclic) bond motifs is 1. The van der Waals surface area contributed by atoms with Gasteiger partial charge in [0.05, 0.1) is 6.54 Å². The van der Waals surface area contributed by atoms with Gasteiger partial charge in [0.25, 0.3) is 0 Å². The van der Waals surface area contributed by atoms with E-state index in [1.165, 1.54) is 0 Å². The summed E-state index contributed by atoms with van der Waals surface area (Å²) in [6.07, 6.45) is 4.63. The zero-order valence-electron chi connectivity index (χ0n) is 14.9. The lowest BCUT2D eigenvalue weighted by Gasteiger charge is -2.45. The number of nitrogens with one attached hydrogen (secondary N) is 1. The van der Waals surface area contributed by atoms with Crippen LogP contribution in [0.25, 0.3) is 0 Å². The van der Waals surface area contributed by atoms with Gasteiger partial charge in [-0.1, -0.05) is 43.2 Å². The summed E-state index contributed by atoms with van der Waals surface area (Å²) in [5.41, 5.74) is 1.03. The van der Waals surface area contributed by atoms with Gasteiger partial charge in [0.2, 0.25) is 17.7 Å². The van der Waals surface area contributed by atoms with E-state index in [0.717, 1.165) is 31.2 Å². The Labute approximate surface area is 153 Å². The number of piperazine rings is 2. The van der Waals surface area contributed by atoms with E-state index in [0.29, 0.717) is 26.1 Å². The molecular weight excluding hydrogens is 330 g/mol. The highest BCUT2D eigenvalue weighted by Gasteiger charge is 2.44. The van der Waals surface area contributed by atoms with E-state index in [-0.39, 0.29) is 23.6 Å². The van der Waals surface area contributed by atoms with Gasteiger partial charge in [-0.25, -0.2) is 0 Å². The van der Waals surface area contributed by atoms with Crippen molar-refractivity contribution in [2.24, 2.45) is 5.92 Å². The molecule has 2 aliphatic heterocycles. The molecule has 6 heteroatoms. The van der Waals surface area contributed by atoms with Crippen molar-refractivity contribution in [3.8, 4) is 0 Å². The predicted octanol–water partition coefficient (Wildman–Crippen LogP) is 0.957. The molecule has 2 atom stereocenters. The van der Waals surface area contributed by atoms with Gasteiger partial charge >= 0.3 is 0 Å². The molecule has 138 valence electrons. The first kappa shape index (κ1) is 17.1. The van der Waals surface area contributed by atoms with Crippen molar-refractivity contribution in [2.45, 2.75) is 44.2 Å². The van der Waals surface area contributed by atoms with E-state index in [2.05, 4.69) is 5.32 Å². The summed E-state index contributed by atoms with van der Waals surface area (Å²) in [4.78, 5) is 41.6. The molecule has 26 heavy (non-hydrogen) atoms. The smallest absolute Gasteiger partial charge is 0.246 e. The van der Waals surface area contributed by atoms with E-state index >= 15 is 0 Å². The Morgan fingerprint density at radius 2 is 1.81 bits per heavy atom. The molecule has 0 spiro atoms. The molecule has 3 amide bonds. The average Bonchev–Trinajstić information content (AvgIpc) is 3.20. The van der Waals surface area contributed by atoms with Gasteiger partial charge in [0.1, 0.15) is 12.1 Å². The molecule has 3 fully saturated rings. The Hall–Kier alpha value is -2.37. The molecule has 0 bridgehead atoms. The van der Waals surface area contributed by atoms with Crippen LogP contribution in [0.4, 0.5) is 0 Å². The average molecular weight is 355 g/mol. The Morgan fingerprint density at radius 3 is 2.54 bits per heavy atom. The summed E-state index contributed by atoms with van der Waals surface area (Å²) in [6, 6.07) is 8.66. The van der Waals surface area contributed by atoms with Crippen LogP contribution in [-0.2, 0) is 20.8 Å². The molecule has 2 heterocycles. The number of hydrogen-bond acceptors (Lipinski definition) is 3. The topological polar surface area (TPSA) is 69.7 Å². The minimum absolute atomic E-state index is 0.0357. The first-order chi connectivity index (χ1) is 12.6. The molecule has 1 N–H and O–H groups in total. The highest BCUT2D eigenvalue weighted by atomic mass is 16.2. The second-order valence-corrected chi connectivity index (χ2v) is 7.56. The molecule has 0 radical (unpaired) electrons. The summed E-state index contributed by atoms with van der Waals surface area (Å²) in [7, 11) is 0. The third-order valence-corrected chi connectivity index (χ3v) is 5.88. The molecule has 3 aliphatic rings. The van der Waals surface area contributed by atoms with Gasteiger partial charge in [0, 0.05) is 25.4 Å². The van der Waals surface area contributed by atoms with Crippen LogP contribution in [0.2, 0.25) is 0 Å². The van der Waals surface area contributed by atoms with Crippen LogP contribution in [0, 0.1) is 5.92 Å². The van der Waals surface area contributed by atoms with Crippen LogP contribution < -0.4 is 5.32 Å². The lowest BCUT2D eigenvalue weighted by Crippen LogP contribution is -2.70. The number of carbonyl (C=O) groups is 3. The zero-order valence-corrected chi connectivity index (χ0v) is 14.9. The van der Waals surface area contributed by atoms with Gasteiger partial charge in [-0.05, 0) is 18.4 Å². The first-order valence-electron chi connectivity index (χ1n) is 9.57. The fourth-order valence-corrected chi connectivity index (χ4v) is 4.42. The first-order valence-corrected chi connectivity index (χ1v) is 9.57. The second-order valence-electron chi connectivity index (χ2n) is 7.56. The molecule has 2 saturated heterocycles. The maximum absolute atomic E-state index is 12.9. The SMILES string of the molecule is O=C1NC(Cc2ccccc2)C(=O)N2CCN(C(=O)C3CCCC3)CC12. The van der Waals surface area contributed by atoms with E-state index < -0.39 is 12.1 Å². The quantitative estimate of drug-likeness (QED) is 0.878. The number of rotatable bonds is 3. The summed E-state index contributed by atoms with van der Waals surface area (Å²) in [5.74, 6) is 0.0874. The Balaban J connectivity index is 1.43. The van der Waals surface area contributed by atoms with Crippen molar-refractivity contribution in [1.29, 1.82) is 0 Å². The Morgan fingerprint density at radius 1 is 1.08 bits per heavy atom. The van der Waals surface area contributed by atoms with E-state index in [4.69, 9.17) is 0 Å². The van der Waals surface area contributed by atoms with E-state index in [1.807, 2.05) is 30.3 Å². The molecule has 4 rings (SSSR count). The minimum Gasteiger partial charge on any atom is -0.342 e. The van der Waals surface area contributed by atoms with Gasteiger partial charge in [-0.2, -0.15) is 0 Å². The van der Waals surface area contributed by atoms with Crippen LogP contribution in [0.5, 0.6) is 0 Å². The van der Waals surface area contributed by atoms with Crippen molar-refractivity contribution in [2.75, 3.05) is 19.6 Å². The predicted molar refractivity (Wildman–Crippen MR) is 96.1 cm³/mol. The normalized spacial score (nSPS) is 26.6. The van der Waals surface area contributed by atoms with Crippen LogP contribution in [-0.4, -0.2) is 59.2 Å². The number of benzene rings is 1. The van der Waals surface area contributed by atoms with Crippen molar-refractivity contribution in [3.63, 3.8) is 0 Å². The molecule has 6 nitrogen and oxygen atoms in total. The highest BCUT2D eigenvalue weighted by Crippen LogP contribution is 2.28. The summed E-state index contributed by atoms with van der Waals surface area (Å²) in [5, 5.41) is 2.87. The Kier molecular flexibility index (Phi) is 4.66.